The van der Waals surface area contributed by atoms with E-state index in [0.29, 0.717) is 25.9 Å². The summed E-state index contributed by atoms with van der Waals surface area (Å²) in [6, 6.07) is 0. The summed E-state index contributed by atoms with van der Waals surface area (Å²) in [5.74, 6) is -0.0771. The molecule has 0 rings (SSSR count). The number of aliphatic hydroxyl groups is 2. The molecule has 0 aromatic rings. The Morgan fingerprint density at radius 1 is 0.692 bits per heavy atom. The van der Waals surface area contributed by atoms with Crippen LogP contribution in [0.5, 0.6) is 0 Å². The van der Waals surface area contributed by atoms with Gasteiger partial charge in [-0.1, -0.05) is 84.5 Å². The maximum Gasteiger partial charge on any atom is 0.305 e. The summed E-state index contributed by atoms with van der Waals surface area (Å²) in [7, 11) is 0. The van der Waals surface area contributed by atoms with Crippen LogP contribution in [0.3, 0.4) is 0 Å². The SMILES string of the molecule is CCCCCCCC[C@H](O)[C@@H](O)CCCCCCCC(=O)OCCCC. The lowest BCUT2D eigenvalue weighted by Gasteiger charge is -2.17. The van der Waals surface area contributed by atoms with Gasteiger partial charge in [0.05, 0.1) is 18.8 Å². The third-order valence-corrected chi connectivity index (χ3v) is 4.94. The summed E-state index contributed by atoms with van der Waals surface area (Å²) >= 11 is 0. The highest BCUT2D eigenvalue weighted by molar-refractivity contribution is 5.69. The van der Waals surface area contributed by atoms with Gasteiger partial charge in [0.2, 0.25) is 0 Å². The number of hydrogen-bond donors (Lipinski definition) is 2. The number of rotatable bonds is 19. The van der Waals surface area contributed by atoms with Gasteiger partial charge in [-0.2, -0.15) is 0 Å². The first-order chi connectivity index (χ1) is 12.6. The molecule has 0 spiro atoms. The van der Waals surface area contributed by atoms with Gasteiger partial charge in [0, 0.05) is 6.42 Å². The molecule has 26 heavy (non-hydrogen) atoms. The van der Waals surface area contributed by atoms with E-state index < -0.39 is 12.2 Å². The molecule has 0 saturated heterocycles. The van der Waals surface area contributed by atoms with Gasteiger partial charge in [-0.25, -0.2) is 0 Å². The van der Waals surface area contributed by atoms with E-state index in [1.54, 1.807) is 0 Å². The highest BCUT2D eigenvalue weighted by Gasteiger charge is 2.15. The molecule has 0 heterocycles. The Morgan fingerprint density at radius 2 is 1.15 bits per heavy atom. The first-order valence-corrected chi connectivity index (χ1v) is 11.1. The molecule has 0 fully saturated rings. The molecule has 0 saturated carbocycles. The summed E-state index contributed by atoms with van der Waals surface area (Å²) < 4.78 is 5.13. The van der Waals surface area contributed by atoms with Crippen LogP contribution in [0.15, 0.2) is 0 Å². The van der Waals surface area contributed by atoms with Crippen LogP contribution in [-0.2, 0) is 9.53 Å². The molecule has 0 aromatic heterocycles. The summed E-state index contributed by atoms with van der Waals surface area (Å²) in [5, 5.41) is 20.0. The van der Waals surface area contributed by atoms with Crippen molar-refractivity contribution in [1.29, 1.82) is 0 Å². The van der Waals surface area contributed by atoms with E-state index in [1.165, 1.54) is 25.7 Å². The average Bonchev–Trinajstić information content (AvgIpc) is 2.63. The van der Waals surface area contributed by atoms with E-state index in [2.05, 4.69) is 13.8 Å². The van der Waals surface area contributed by atoms with Gasteiger partial charge in [-0.15, -0.1) is 0 Å². The van der Waals surface area contributed by atoms with Crippen LogP contribution in [0.4, 0.5) is 0 Å². The number of esters is 1. The van der Waals surface area contributed by atoms with Gasteiger partial charge in [0.1, 0.15) is 0 Å². The Hall–Kier alpha value is -0.610. The molecule has 0 aromatic carbocycles. The minimum atomic E-state index is -0.584. The van der Waals surface area contributed by atoms with Gasteiger partial charge in [0.15, 0.2) is 0 Å². The Morgan fingerprint density at radius 3 is 1.69 bits per heavy atom. The standard InChI is InChI=1S/C22H44O4/c1-3-5-7-8-10-13-16-20(23)21(24)17-14-11-9-12-15-18-22(25)26-19-6-4-2/h20-21,23-24H,3-19H2,1-2H3/t20-,21-/m0/s1. The molecular formula is C22H44O4. The highest BCUT2D eigenvalue weighted by atomic mass is 16.5. The second-order valence-electron chi connectivity index (χ2n) is 7.57. The van der Waals surface area contributed by atoms with Gasteiger partial charge in [-0.05, 0) is 25.7 Å². The summed E-state index contributed by atoms with van der Waals surface area (Å²) in [4.78, 5) is 11.4. The Kier molecular flexibility index (Phi) is 18.7. The Balaban J connectivity index is 3.41. The van der Waals surface area contributed by atoms with Crippen LogP contribution in [-0.4, -0.2) is 35.0 Å². The molecule has 156 valence electrons. The largest absolute Gasteiger partial charge is 0.466 e. The topological polar surface area (TPSA) is 66.8 Å². The first kappa shape index (κ1) is 25.4. The van der Waals surface area contributed by atoms with E-state index >= 15 is 0 Å². The predicted molar refractivity (Wildman–Crippen MR) is 108 cm³/mol. The number of hydrogen-bond acceptors (Lipinski definition) is 4. The first-order valence-electron chi connectivity index (χ1n) is 11.1. The van der Waals surface area contributed by atoms with Crippen molar-refractivity contribution < 1.29 is 19.7 Å². The van der Waals surface area contributed by atoms with Crippen LogP contribution in [0.1, 0.15) is 117 Å². The van der Waals surface area contributed by atoms with Gasteiger partial charge >= 0.3 is 5.97 Å². The molecule has 0 unspecified atom stereocenters. The summed E-state index contributed by atoms with van der Waals surface area (Å²) in [6.07, 6.45) is 15.0. The van der Waals surface area contributed by atoms with E-state index in [9.17, 15) is 15.0 Å². The van der Waals surface area contributed by atoms with Crippen molar-refractivity contribution in [3.05, 3.63) is 0 Å². The van der Waals surface area contributed by atoms with Crippen molar-refractivity contribution >= 4 is 5.97 Å². The molecule has 2 atom stereocenters. The Labute approximate surface area is 161 Å². The van der Waals surface area contributed by atoms with Crippen molar-refractivity contribution in [3.63, 3.8) is 0 Å². The number of ether oxygens (including phenoxy) is 1. The van der Waals surface area contributed by atoms with E-state index in [0.717, 1.165) is 57.8 Å². The number of unbranched alkanes of at least 4 members (excludes halogenated alkanes) is 10. The minimum Gasteiger partial charge on any atom is -0.466 e. The van der Waals surface area contributed by atoms with Gasteiger partial charge in [0.25, 0.3) is 0 Å². The minimum absolute atomic E-state index is 0.0771. The fourth-order valence-corrected chi connectivity index (χ4v) is 3.07. The van der Waals surface area contributed by atoms with Crippen molar-refractivity contribution in [2.45, 2.75) is 129 Å². The fourth-order valence-electron chi connectivity index (χ4n) is 3.07. The predicted octanol–water partition coefficient (Wildman–Crippen LogP) is 5.53. The number of aliphatic hydroxyl groups excluding tert-OH is 2. The summed E-state index contributed by atoms with van der Waals surface area (Å²) in [5.41, 5.74) is 0. The highest BCUT2D eigenvalue weighted by Crippen LogP contribution is 2.15. The third-order valence-electron chi connectivity index (χ3n) is 4.94. The van der Waals surface area contributed by atoms with E-state index in [4.69, 9.17) is 4.74 Å². The lowest BCUT2D eigenvalue weighted by molar-refractivity contribution is -0.143. The molecule has 2 N–H and O–H groups in total. The Bertz CT molecular complexity index is 307. The second-order valence-corrected chi connectivity index (χ2v) is 7.57. The van der Waals surface area contributed by atoms with Crippen molar-refractivity contribution in [1.82, 2.24) is 0 Å². The molecule has 0 bridgehead atoms. The molecule has 0 radical (unpaired) electrons. The molecule has 0 aliphatic heterocycles. The number of carbonyl (C=O) groups excluding carboxylic acids is 1. The van der Waals surface area contributed by atoms with Crippen molar-refractivity contribution in [2.75, 3.05) is 6.61 Å². The van der Waals surface area contributed by atoms with E-state index in [1.807, 2.05) is 0 Å². The molecule has 0 aliphatic carbocycles. The molecule has 4 nitrogen and oxygen atoms in total. The van der Waals surface area contributed by atoms with Crippen LogP contribution in [0, 0.1) is 0 Å². The lowest BCUT2D eigenvalue weighted by atomic mass is 9.99. The van der Waals surface area contributed by atoms with Crippen molar-refractivity contribution in [3.8, 4) is 0 Å². The number of carbonyl (C=O) groups is 1. The second kappa shape index (κ2) is 19.2. The molecule has 0 amide bonds. The van der Waals surface area contributed by atoms with Gasteiger partial charge < -0.3 is 14.9 Å². The smallest absolute Gasteiger partial charge is 0.305 e. The summed E-state index contributed by atoms with van der Waals surface area (Å²) in [6.45, 7) is 4.84. The van der Waals surface area contributed by atoms with Crippen molar-refractivity contribution in [2.24, 2.45) is 0 Å². The van der Waals surface area contributed by atoms with E-state index in [-0.39, 0.29) is 5.97 Å². The maximum atomic E-state index is 11.4. The third kappa shape index (κ3) is 16.8. The monoisotopic (exact) mass is 372 g/mol. The van der Waals surface area contributed by atoms with Crippen LogP contribution in [0.2, 0.25) is 0 Å². The zero-order valence-corrected chi connectivity index (χ0v) is 17.4. The quantitative estimate of drug-likeness (QED) is 0.231. The zero-order chi connectivity index (χ0) is 19.5. The molecule has 0 aliphatic rings. The zero-order valence-electron chi connectivity index (χ0n) is 17.4. The fraction of sp³-hybridized carbons (Fsp3) is 0.955. The molecular weight excluding hydrogens is 328 g/mol. The normalized spacial score (nSPS) is 13.5. The van der Waals surface area contributed by atoms with Gasteiger partial charge in [-0.3, -0.25) is 4.79 Å². The molecule has 4 heteroatoms. The van der Waals surface area contributed by atoms with Crippen LogP contribution in [0.25, 0.3) is 0 Å². The average molecular weight is 373 g/mol. The lowest BCUT2D eigenvalue weighted by Crippen LogP contribution is -2.25. The maximum absolute atomic E-state index is 11.4. The van der Waals surface area contributed by atoms with Crippen LogP contribution >= 0.6 is 0 Å². The van der Waals surface area contributed by atoms with Crippen LogP contribution < -0.4 is 0 Å².